The lowest BCUT2D eigenvalue weighted by molar-refractivity contribution is -0.384. The van der Waals surface area contributed by atoms with Gasteiger partial charge >= 0.3 is 5.97 Å². The third-order valence-corrected chi connectivity index (χ3v) is 3.43. The van der Waals surface area contributed by atoms with Crippen molar-refractivity contribution in [2.75, 3.05) is 11.9 Å². The normalized spacial score (nSPS) is 10.1. The number of Topliss-reactive ketones (excluding diaryl/α,β-unsaturated/α-hetero) is 1. The Morgan fingerprint density at radius 1 is 1.08 bits per heavy atom. The molecular formula is C18H16N2O6. The van der Waals surface area contributed by atoms with E-state index in [0.29, 0.717) is 11.3 Å². The Morgan fingerprint density at radius 3 is 2.38 bits per heavy atom. The molecule has 0 radical (unpaired) electrons. The minimum atomic E-state index is -0.760. The van der Waals surface area contributed by atoms with Crippen LogP contribution in [0.2, 0.25) is 0 Å². The molecule has 0 bridgehead atoms. The van der Waals surface area contributed by atoms with Gasteiger partial charge in [0.2, 0.25) is 0 Å². The number of amides is 1. The molecule has 134 valence electrons. The number of esters is 1. The number of nitrogens with zero attached hydrogens (tertiary/aromatic N) is 1. The van der Waals surface area contributed by atoms with Crippen molar-refractivity contribution >= 4 is 29.0 Å². The molecule has 0 aliphatic heterocycles. The third-order valence-electron chi connectivity index (χ3n) is 3.43. The van der Waals surface area contributed by atoms with E-state index in [1.807, 2.05) is 0 Å². The average molecular weight is 356 g/mol. The lowest BCUT2D eigenvalue weighted by Gasteiger charge is -2.08. The molecule has 0 aliphatic rings. The highest BCUT2D eigenvalue weighted by Crippen LogP contribution is 2.20. The maximum Gasteiger partial charge on any atom is 0.338 e. The van der Waals surface area contributed by atoms with Crippen LogP contribution in [0.5, 0.6) is 0 Å². The first kappa shape index (κ1) is 18.8. The monoisotopic (exact) mass is 356 g/mol. The first-order valence-corrected chi connectivity index (χ1v) is 7.70. The van der Waals surface area contributed by atoms with E-state index < -0.39 is 22.5 Å². The molecule has 0 spiro atoms. The summed E-state index contributed by atoms with van der Waals surface area (Å²) in [6.45, 7) is 3.10. The van der Waals surface area contributed by atoms with E-state index >= 15 is 0 Å². The molecule has 0 heterocycles. The van der Waals surface area contributed by atoms with Gasteiger partial charge in [-0.15, -0.1) is 0 Å². The number of ether oxygens (including phenoxy) is 1. The van der Waals surface area contributed by atoms with Crippen molar-refractivity contribution in [2.45, 2.75) is 13.8 Å². The Kier molecular flexibility index (Phi) is 5.79. The predicted molar refractivity (Wildman–Crippen MR) is 93.5 cm³/mol. The highest BCUT2D eigenvalue weighted by atomic mass is 16.6. The van der Waals surface area contributed by atoms with Gasteiger partial charge in [0, 0.05) is 28.9 Å². The summed E-state index contributed by atoms with van der Waals surface area (Å²) in [7, 11) is 0. The molecule has 0 aromatic heterocycles. The van der Waals surface area contributed by atoms with Gasteiger partial charge in [0.1, 0.15) is 0 Å². The molecule has 0 aliphatic carbocycles. The highest BCUT2D eigenvalue weighted by Gasteiger charge is 2.19. The molecular weight excluding hydrogens is 340 g/mol. The fraction of sp³-hybridized carbons (Fsp3) is 0.167. The number of rotatable bonds is 6. The molecule has 2 aromatic carbocycles. The summed E-state index contributed by atoms with van der Waals surface area (Å²) < 4.78 is 4.83. The van der Waals surface area contributed by atoms with E-state index in [4.69, 9.17) is 4.74 Å². The van der Waals surface area contributed by atoms with Crippen LogP contribution in [0.1, 0.15) is 44.9 Å². The molecule has 0 fully saturated rings. The van der Waals surface area contributed by atoms with Gasteiger partial charge in [0.15, 0.2) is 5.78 Å². The van der Waals surface area contributed by atoms with Gasteiger partial charge in [0.25, 0.3) is 11.6 Å². The second-order valence-corrected chi connectivity index (χ2v) is 5.34. The van der Waals surface area contributed by atoms with Gasteiger partial charge in [-0.05, 0) is 32.0 Å². The first-order valence-electron chi connectivity index (χ1n) is 7.70. The number of non-ortho nitro benzene ring substituents is 1. The molecule has 8 nitrogen and oxygen atoms in total. The molecule has 0 unspecified atom stereocenters. The smallest absolute Gasteiger partial charge is 0.338 e. The second kappa shape index (κ2) is 8.02. The van der Waals surface area contributed by atoms with E-state index in [1.165, 1.54) is 19.1 Å². The molecule has 26 heavy (non-hydrogen) atoms. The van der Waals surface area contributed by atoms with Crippen molar-refractivity contribution in [1.29, 1.82) is 0 Å². The third kappa shape index (κ3) is 4.50. The first-order chi connectivity index (χ1) is 12.3. The van der Waals surface area contributed by atoms with Crippen LogP contribution in [-0.2, 0) is 4.74 Å². The number of carbonyl (C=O) groups excluding carboxylic acids is 3. The van der Waals surface area contributed by atoms with Gasteiger partial charge in [-0.1, -0.05) is 12.1 Å². The van der Waals surface area contributed by atoms with Gasteiger partial charge in [0.05, 0.1) is 17.1 Å². The van der Waals surface area contributed by atoms with E-state index in [2.05, 4.69) is 5.32 Å². The molecule has 0 saturated heterocycles. The molecule has 0 saturated carbocycles. The lowest BCUT2D eigenvalue weighted by atomic mass is 10.1. The van der Waals surface area contributed by atoms with Crippen LogP contribution in [0.15, 0.2) is 42.5 Å². The number of nitro benzene ring substituents is 1. The number of hydrogen-bond donors (Lipinski definition) is 1. The minimum Gasteiger partial charge on any atom is -0.462 e. The molecule has 0 atom stereocenters. The summed E-state index contributed by atoms with van der Waals surface area (Å²) in [6, 6.07) is 9.60. The van der Waals surface area contributed by atoms with E-state index in [-0.39, 0.29) is 23.5 Å². The number of carbonyl (C=O) groups is 3. The topological polar surface area (TPSA) is 116 Å². The SMILES string of the molecule is CCOC(=O)c1cc(C(=O)Nc2cccc(C(C)=O)c2)cc([N+](=O)[O-])c1. The lowest BCUT2D eigenvalue weighted by Crippen LogP contribution is -2.14. The van der Waals surface area contributed by atoms with Crippen LogP contribution < -0.4 is 5.32 Å². The maximum atomic E-state index is 12.4. The van der Waals surface area contributed by atoms with Gasteiger partial charge in [-0.25, -0.2) is 4.79 Å². The quantitative estimate of drug-likeness (QED) is 0.368. The van der Waals surface area contributed by atoms with Crippen molar-refractivity contribution in [2.24, 2.45) is 0 Å². The molecule has 8 heteroatoms. The zero-order chi connectivity index (χ0) is 19.3. The average Bonchev–Trinajstić information content (AvgIpc) is 2.61. The summed E-state index contributed by atoms with van der Waals surface area (Å²) in [5.74, 6) is -1.58. The largest absolute Gasteiger partial charge is 0.462 e. The fourth-order valence-electron chi connectivity index (χ4n) is 2.20. The summed E-state index contributed by atoms with van der Waals surface area (Å²) in [5.41, 5.74) is 0.193. The number of benzene rings is 2. The standard InChI is InChI=1S/C18H16N2O6/c1-3-26-18(23)14-7-13(9-16(10-14)20(24)25)17(22)19-15-6-4-5-12(8-15)11(2)21/h4-10H,3H2,1-2H3,(H,19,22). The van der Waals surface area contributed by atoms with Crippen LogP contribution in [0.3, 0.4) is 0 Å². The van der Waals surface area contributed by atoms with Crippen LogP contribution in [-0.4, -0.2) is 29.2 Å². The molecule has 1 amide bonds. The number of nitrogens with one attached hydrogen (secondary N) is 1. The van der Waals surface area contributed by atoms with E-state index in [0.717, 1.165) is 12.1 Å². The predicted octanol–water partition coefficient (Wildman–Crippen LogP) is 3.23. The summed E-state index contributed by atoms with van der Waals surface area (Å²) in [6.07, 6.45) is 0. The van der Waals surface area contributed by atoms with Crippen molar-refractivity contribution in [3.63, 3.8) is 0 Å². The number of nitro groups is 1. The van der Waals surface area contributed by atoms with Crippen molar-refractivity contribution in [3.05, 3.63) is 69.3 Å². The molecule has 2 rings (SSSR count). The van der Waals surface area contributed by atoms with Crippen LogP contribution in [0.4, 0.5) is 11.4 Å². The summed E-state index contributed by atoms with van der Waals surface area (Å²) in [4.78, 5) is 46.1. The zero-order valence-electron chi connectivity index (χ0n) is 14.1. The highest BCUT2D eigenvalue weighted by molar-refractivity contribution is 6.07. The summed E-state index contributed by atoms with van der Waals surface area (Å²) in [5, 5.41) is 13.6. The van der Waals surface area contributed by atoms with Crippen LogP contribution >= 0.6 is 0 Å². The fourth-order valence-corrected chi connectivity index (χ4v) is 2.20. The van der Waals surface area contributed by atoms with Gasteiger partial charge in [-0.2, -0.15) is 0 Å². The number of anilines is 1. The Labute approximate surface area is 148 Å². The maximum absolute atomic E-state index is 12.4. The number of hydrogen-bond acceptors (Lipinski definition) is 6. The van der Waals surface area contributed by atoms with Crippen molar-refractivity contribution in [1.82, 2.24) is 0 Å². The Bertz CT molecular complexity index is 891. The van der Waals surface area contributed by atoms with E-state index in [9.17, 15) is 24.5 Å². The molecule has 1 N–H and O–H groups in total. The summed E-state index contributed by atoms with van der Waals surface area (Å²) >= 11 is 0. The Hall–Kier alpha value is -3.55. The Morgan fingerprint density at radius 2 is 1.77 bits per heavy atom. The minimum absolute atomic E-state index is 0.0736. The Balaban J connectivity index is 2.35. The van der Waals surface area contributed by atoms with Crippen molar-refractivity contribution < 1.29 is 24.0 Å². The number of ketones is 1. The van der Waals surface area contributed by atoms with Gasteiger partial charge < -0.3 is 10.1 Å². The van der Waals surface area contributed by atoms with E-state index in [1.54, 1.807) is 25.1 Å². The second-order valence-electron chi connectivity index (χ2n) is 5.34. The van der Waals surface area contributed by atoms with Gasteiger partial charge in [-0.3, -0.25) is 19.7 Å². The zero-order valence-corrected chi connectivity index (χ0v) is 14.1. The van der Waals surface area contributed by atoms with Crippen LogP contribution in [0.25, 0.3) is 0 Å². The van der Waals surface area contributed by atoms with Crippen LogP contribution in [0, 0.1) is 10.1 Å². The molecule has 2 aromatic rings. The van der Waals surface area contributed by atoms with Crippen molar-refractivity contribution in [3.8, 4) is 0 Å².